The van der Waals surface area contributed by atoms with E-state index in [0.717, 1.165) is 17.7 Å². The van der Waals surface area contributed by atoms with Crippen molar-refractivity contribution in [1.82, 2.24) is 9.97 Å². The molecule has 0 spiro atoms. The number of aromatic nitrogens is 2. The first kappa shape index (κ1) is 14.1. The summed E-state index contributed by atoms with van der Waals surface area (Å²) in [7, 11) is 3.17. The van der Waals surface area contributed by atoms with Crippen LogP contribution in [0.25, 0.3) is 0 Å². The van der Waals surface area contributed by atoms with Gasteiger partial charge < -0.3 is 14.8 Å². The molecule has 0 aliphatic carbocycles. The van der Waals surface area contributed by atoms with Crippen LogP contribution in [0.2, 0.25) is 0 Å². The van der Waals surface area contributed by atoms with Gasteiger partial charge in [-0.25, -0.2) is 9.97 Å². The third-order valence-corrected chi connectivity index (χ3v) is 3.06. The zero-order valence-corrected chi connectivity index (χ0v) is 12.0. The lowest BCUT2D eigenvalue weighted by atomic mass is 10.1. The predicted molar refractivity (Wildman–Crippen MR) is 78.3 cm³/mol. The summed E-state index contributed by atoms with van der Waals surface area (Å²) in [6.45, 7) is 2.68. The Morgan fingerprint density at radius 1 is 1.10 bits per heavy atom. The minimum atomic E-state index is 0.524. The van der Waals surface area contributed by atoms with Gasteiger partial charge in [0.05, 0.1) is 26.3 Å². The fourth-order valence-electron chi connectivity index (χ4n) is 1.98. The van der Waals surface area contributed by atoms with E-state index in [1.807, 2.05) is 12.1 Å². The van der Waals surface area contributed by atoms with Gasteiger partial charge in [0, 0.05) is 5.69 Å². The van der Waals surface area contributed by atoms with Crippen LogP contribution in [0.3, 0.4) is 0 Å². The van der Waals surface area contributed by atoms with Crippen molar-refractivity contribution in [1.29, 1.82) is 0 Å². The molecule has 0 saturated heterocycles. The highest BCUT2D eigenvalue weighted by atomic mass is 16.5. The van der Waals surface area contributed by atoms with Crippen molar-refractivity contribution in [2.75, 3.05) is 19.5 Å². The third kappa shape index (κ3) is 3.17. The van der Waals surface area contributed by atoms with Gasteiger partial charge in [0.1, 0.15) is 6.33 Å². The van der Waals surface area contributed by atoms with Crippen LogP contribution in [-0.2, 0) is 13.0 Å². The summed E-state index contributed by atoms with van der Waals surface area (Å²) in [5.41, 5.74) is 3.15. The number of anilines is 1. The average molecular weight is 273 g/mol. The van der Waals surface area contributed by atoms with Crippen LogP contribution in [0.5, 0.6) is 11.8 Å². The van der Waals surface area contributed by atoms with Crippen LogP contribution in [0, 0.1) is 0 Å². The lowest BCUT2D eigenvalue weighted by Gasteiger charge is -2.12. The standard InChI is InChI=1S/C15H19N3O2/c1-4-11-6-5-7-12(8-11)16-9-13-14(19-2)17-10-18-15(13)20-3/h5-8,10,16H,4,9H2,1-3H3. The van der Waals surface area contributed by atoms with Gasteiger partial charge in [0.2, 0.25) is 11.8 Å². The highest BCUT2D eigenvalue weighted by Crippen LogP contribution is 2.24. The van der Waals surface area contributed by atoms with E-state index in [1.54, 1.807) is 14.2 Å². The number of hydrogen-bond acceptors (Lipinski definition) is 5. The van der Waals surface area contributed by atoms with Gasteiger partial charge in [0.15, 0.2) is 0 Å². The van der Waals surface area contributed by atoms with E-state index in [1.165, 1.54) is 11.9 Å². The molecule has 0 bridgehead atoms. The second-order valence-corrected chi connectivity index (χ2v) is 4.28. The van der Waals surface area contributed by atoms with Gasteiger partial charge >= 0.3 is 0 Å². The maximum Gasteiger partial charge on any atom is 0.225 e. The minimum absolute atomic E-state index is 0.524. The molecule has 1 heterocycles. The van der Waals surface area contributed by atoms with Crippen molar-refractivity contribution in [3.8, 4) is 11.8 Å². The average Bonchev–Trinajstić information content (AvgIpc) is 2.52. The Hall–Kier alpha value is -2.30. The van der Waals surface area contributed by atoms with Crippen molar-refractivity contribution in [2.24, 2.45) is 0 Å². The molecule has 5 nitrogen and oxygen atoms in total. The Balaban J connectivity index is 2.17. The van der Waals surface area contributed by atoms with E-state index < -0.39 is 0 Å². The Bertz CT molecular complexity index is 551. The van der Waals surface area contributed by atoms with Crippen molar-refractivity contribution in [3.05, 3.63) is 41.7 Å². The van der Waals surface area contributed by atoms with Gasteiger partial charge in [-0.15, -0.1) is 0 Å². The Labute approximate surface area is 119 Å². The van der Waals surface area contributed by atoms with Crippen LogP contribution < -0.4 is 14.8 Å². The highest BCUT2D eigenvalue weighted by molar-refractivity contribution is 5.48. The van der Waals surface area contributed by atoms with E-state index in [0.29, 0.717) is 18.3 Å². The molecule has 0 aliphatic heterocycles. The predicted octanol–water partition coefficient (Wildman–Crippen LogP) is 2.67. The molecule has 20 heavy (non-hydrogen) atoms. The molecule has 1 N–H and O–H groups in total. The number of nitrogens with one attached hydrogen (secondary N) is 1. The van der Waals surface area contributed by atoms with Crippen molar-refractivity contribution in [3.63, 3.8) is 0 Å². The van der Waals surface area contributed by atoms with E-state index in [2.05, 4.69) is 34.3 Å². The van der Waals surface area contributed by atoms with Gasteiger partial charge in [-0.1, -0.05) is 19.1 Å². The van der Waals surface area contributed by atoms with Gasteiger partial charge in [-0.05, 0) is 24.1 Å². The van der Waals surface area contributed by atoms with Gasteiger partial charge in [-0.2, -0.15) is 0 Å². The molecule has 2 rings (SSSR count). The van der Waals surface area contributed by atoms with Crippen LogP contribution >= 0.6 is 0 Å². The highest BCUT2D eigenvalue weighted by Gasteiger charge is 2.12. The minimum Gasteiger partial charge on any atom is -0.481 e. The Morgan fingerprint density at radius 2 is 1.80 bits per heavy atom. The zero-order valence-electron chi connectivity index (χ0n) is 12.0. The summed E-state index contributed by atoms with van der Waals surface area (Å²) < 4.78 is 10.5. The molecule has 5 heteroatoms. The number of rotatable bonds is 6. The molecule has 2 aromatic rings. The van der Waals surface area contributed by atoms with Crippen LogP contribution in [0.15, 0.2) is 30.6 Å². The van der Waals surface area contributed by atoms with Crippen LogP contribution in [0.4, 0.5) is 5.69 Å². The fourth-order valence-corrected chi connectivity index (χ4v) is 1.98. The van der Waals surface area contributed by atoms with E-state index in [4.69, 9.17) is 9.47 Å². The Morgan fingerprint density at radius 3 is 2.40 bits per heavy atom. The van der Waals surface area contributed by atoms with Gasteiger partial charge in [-0.3, -0.25) is 0 Å². The number of methoxy groups -OCH3 is 2. The largest absolute Gasteiger partial charge is 0.481 e. The molecule has 106 valence electrons. The van der Waals surface area contributed by atoms with E-state index >= 15 is 0 Å². The number of hydrogen-bond donors (Lipinski definition) is 1. The molecule has 0 atom stereocenters. The summed E-state index contributed by atoms with van der Waals surface area (Å²) in [6.07, 6.45) is 2.44. The molecular weight excluding hydrogens is 254 g/mol. The van der Waals surface area contributed by atoms with Gasteiger partial charge in [0.25, 0.3) is 0 Å². The van der Waals surface area contributed by atoms with Crippen molar-refractivity contribution in [2.45, 2.75) is 19.9 Å². The molecule has 1 aromatic heterocycles. The summed E-state index contributed by atoms with van der Waals surface area (Å²) in [6, 6.07) is 8.31. The van der Waals surface area contributed by atoms with E-state index in [-0.39, 0.29) is 0 Å². The Kier molecular flexibility index (Phi) is 4.76. The molecule has 0 unspecified atom stereocenters. The molecular formula is C15H19N3O2. The first-order chi connectivity index (χ1) is 9.78. The lowest BCUT2D eigenvalue weighted by molar-refractivity contribution is 0.363. The smallest absolute Gasteiger partial charge is 0.225 e. The molecule has 0 radical (unpaired) electrons. The quantitative estimate of drug-likeness (QED) is 0.877. The third-order valence-electron chi connectivity index (χ3n) is 3.06. The molecule has 0 saturated carbocycles. The first-order valence-electron chi connectivity index (χ1n) is 6.53. The van der Waals surface area contributed by atoms with Crippen molar-refractivity contribution < 1.29 is 9.47 Å². The number of benzene rings is 1. The molecule has 1 aromatic carbocycles. The first-order valence-corrected chi connectivity index (χ1v) is 6.53. The fraction of sp³-hybridized carbons (Fsp3) is 0.333. The van der Waals surface area contributed by atoms with E-state index in [9.17, 15) is 0 Å². The zero-order chi connectivity index (χ0) is 14.4. The number of nitrogens with zero attached hydrogens (tertiary/aromatic N) is 2. The van der Waals surface area contributed by atoms with Crippen molar-refractivity contribution >= 4 is 5.69 Å². The maximum atomic E-state index is 5.25. The normalized spacial score (nSPS) is 10.2. The topological polar surface area (TPSA) is 56.3 Å². The monoisotopic (exact) mass is 273 g/mol. The summed E-state index contributed by atoms with van der Waals surface area (Å²) in [5, 5.41) is 3.35. The molecule has 0 amide bonds. The lowest BCUT2D eigenvalue weighted by Crippen LogP contribution is -2.06. The number of ether oxygens (including phenoxy) is 2. The maximum absolute atomic E-state index is 5.25. The number of aryl methyl sites for hydroxylation is 1. The summed E-state index contributed by atoms with van der Waals surface area (Å²) in [4.78, 5) is 8.20. The second-order valence-electron chi connectivity index (χ2n) is 4.28. The van der Waals surface area contributed by atoms with Crippen LogP contribution in [0.1, 0.15) is 18.1 Å². The summed E-state index contributed by atoms with van der Waals surface area (Å²) >= 11 is 0. The molecule has 0 aliphatic rings. The molecule has 0 fully saturated rings. The summed E-state index contributed by atoms with van der Waals surface area (Å²) in [5.74, 6) is 1.05. The van der Waals surface area contributed by atoms with Crippen LogP contribution in [-0.4, -0.2) is 24.2 Å². The SMILES string of the molecule is CCc1cccc(NCc2c(OC)ncnc2OC)c1. The second kappa shape index (κ2) is 6.75.